The Balaban J connectivity index is 0.000000123. The van der Waals surface area contributed by atoms with Crippen molar-refractivity contribution in [3.63, 3.8) is 0 Å². The first-order chi connectivity index (χ1) is 25.9. The number of piperidine rings is 6. The highest BCUT2D eigenvalue weighted by Crippen LogP contribution is 2.59. The Morgan fingerprint density at radius 3 is 1.91 bits per heavy atom. The van der Waals surface area contributed by atoms with E-state index in [0.29, 0.717) is 28.8 Å². The molecular weight excluding hydrogens is 738 g/mol. The van der Waals surface area contributed by atoms with E-state index < -0.39 is 0 Å². The highest BCUT2D eigenvalue weighted by molar-refractivity contribution is 7.21. The van der Waals surface area contributed by atoms with Crippen molar-refractivity contribution in [3.8, 4) is 11.5 Å². The number of nitrogens with two attached hydrogens (primary N) is 1. The fourth-order valence-corrected chi connectivity index (χ4v) is 13.0. The molecule has 2 aromatic heterocycles. The monoisotopic (exact) mass is 789 g/mol. The zero-order valence-electron chi connectivity index (χ0n) is 31.0. The molecular formula is C43H52ClN3O5S2. The summed E-state index contributed by atoms with van der Waals surface area (Å²) in [6, 6.07) is 13.5. The van der Waals surface area contributed by atoms with Gasteiger partial charge in [-0.1, -0.05) is 24.3 Å². The number of fused-ring (bicyclic) bond motifs is 10. The Labute approximate surface area is 332 Å². The van der Waals surface area contributed by atoms with Crippen molar-refractivity contribution in [2.24, 2.45) is 23.5 Å². The number of thiophene rings is 2. The van der Waals surface area contributed by atoms with Crippen LogP contribution in [0.15, 0.2) is 41.8 Å². The SMILES string of the molecule is Cl.N[C@@H]1C2CCN(CC2)C12CC2.O=C(C[C@@H]1C2CCN(CC2)C12CC2)c1cc2ccc3c(c2s1)OCCC3.O=C=O.c1cc2ccc3c(c2s1)OCCC3. The molecule has 4 bridgehead atoms. The smallest absolute Gasteiger partial charge is 0.373 e. The molecule has 10 heterocycles. The average molecular weight is 790 g/mol. The minimum absolute atomic E-state index is 0. The van der Waals surface area contributed by atoms with Crippen molar-refractivity contribution in [2.75, 3.05) is 39.4 Å². The molecule has 14 rings (SSSR count). The highest BCUT2D eigenvalue weighted by Gasteiger charge is 2.60. The second kappa shape index (κ2) is 15.6. The normalized spacial score (nSPS) is 29.3. The largest absolute Gasteiger partial charge is 0.492 e. The van der Waals surface area contributed by atoms with E-state index in [1.165, 1.54) is 115 Å². The van der Waals surface area contributed by atoms with Crippen LogP contribution in [0, 0.1) is 17.8 Å². The number of carbonyl (C=O) groups is 1. The van der Waals surface area contributed by atoms with Gasteiger partial charge in [-0.25, -0.2) is 0 Å². The Kier molecular flexibility index (Phi) is 11.0. The molecule has 2 saturated carbocycles. The van der Waals surface area contributed by atoms with Gasteiger partial charge in [0.15, 0.2) is 5.78 Å². The summed E-state index contributed by atoms with van der Waals surface area (Å²) in [7, 11) is 0. The lowest BCUT2D eigenvalue weighted by Gasteiger charge is -2.52. The van der Waals surface area contributed by atoms with Crippen LogP contribution in [0.2, 0.25) is 0 Å². The second-order valence-corrected chi connectivity index (χ2v) is 18.5. The minimum atomic E-state index is 0. The van der Waals surface area contributed by atoms with Crippen molar-refractivity contribution in [2.45, 2.75) is 101 Å². The topological polar surface area (TPSA) is 102 Å². The van der Waals surface area contributed by atoms with Gasteiger partial charge in [0.25, 0.3) is 0 Å². The first kappa shape index (κ1) is 38.1. The molecule has 0 amide bonds. The molecule has 8 aliphatic heterocycles. The summed E-state index contributed by atoms with van der Waals surface area (Å²) in [6.45, 7) is 6.87. The van der Waals surface area contributed by atoms with E-state index in [-0.39, 0.29) is 18.6 Å². The first-order valence-corrected chi connectivity index (χ1v) is 21.7. The number of rotatable bonds is 3. The number of Topliss-reactive ketones (excluding diaryl/α,β-unsaturated/α-hetero) is 1. The molecule has 8 fully saturated rings. The number of nitrogens with zero attached hydrogens (tertiary/aromatic N) is 2. The quantitative estimate of drug-likeness (QED) is 0.207. The Bertz CT molecular complexity index is 2010. The molecule has 4 aromatic rings. The summed E-state index contributed by atoms with van der Waals surface area (Å²) >= 11 is 3.44. The Morgan fingerprint density at radius 1 is 0.778 bits per heavy atom. The molecule has 2 aromatic carbocycles. The van der Waals surface area contributed by atoms with Gasteiger partial charge in [-0.2, -0.15) is 9.59 Å². The predicted octanol–water partition coefficient (Wildman–Crippen LogP) is 8.31. The minimum Gasteiger partial charge on any atom is -0.492 e. The number of hydrogen-bond acceptors (Lipinski definition) is 10. The average Bonchev–Trinajstić information content (AvgIpc) is 4.07. The van der Waals surface area contributed by atoms with Gasteiger partial charge >= 0.3 is 6.15 Å². The number of hydrogen-bond donors (Lipinski definition) is 1. The van der Waals surface area contributed by atoms with E-state index in [4.69, 9.17) is 24.8 Å². The summed E-state index contributed by atoms with van der Waals surface area (Å²) in [5.74, 6) is 4.77. The van der Waals surface area contributed by atoms with Crippen molar-refractivity contribution in [1.29, 1.82) is 0 Å². The molecule has 0 unspecified atom stereocenters. The lowest BCUT2D eigenvalue weighted by molar-refractivity contribution is -0.191. The third-order valence-corrected chi connectivity index (χ3v) is 16.1. The molecule has 2 spiro atoms. The van der Waals surface area contributed by atoms with Crippen LogP contribution < -0.4 is 15.2 Å². The molecule has 0 radical (unpaired) electrons. The van der Waals surface area contributed by atoms with Gasteiger partial charge in [-0.15, -0.1) is 35.1 Å². The van der Waals surface area contributed by atoms with Crippen molar-refractivity contribution in [1.82, 2.24) is 9.80 Å². The maximum Gasteiger partial charge on any atom is 0.373 e. The Hall–Kier alpha value is -2.82. The molecule has 8 nitrogen and oxygen atoms in total. The third-order valence-electron chi connectivity index (χ3n) is 14.0. The molecule has 288 valence electrons. The summed E-state index contributed by atoms with van der Waals surface area (Å²) in [5.41, 5.74) is 9.81. The summed E-state index contributed by atoms with van der Waals surface area (Å²) in [5, 5.41) is 4.61. The van der Waals surface area contributed by atoms with Gasteiger partial charge < -0.3 is 15.2 Å². The van der Waals surface area contributed by atoms with E-state index in [1.807, 2.05) is 0 Å². The summed E-state index contributed by atoms with van der Waals surface area (Å²) in [6.07, 6.45) is 16.2. The van der Waals surface area contributed by atoms with Gasteiger partial charge in [0.05, 0.1) is 27.5 Å². The fourth-order valence-electron chi connectivity index (χ4n) is 10.9. The molecule has 54 heavy (non-hydrogen) atoms. The second-order valence-electron chi connectivity index (χ2n) is 16.6. The van der Waals surface area contributed by atoms with E-state index in [2.05, 4.69) is 51.6 Å². The van der Waals surface area contributed by atoms with Gasteiger partial charge in [0.1, 0.15) is 11.5 Å². The van der Waals surface area contributed by atoms with Crippen LogP contribution in [0.1, 0.15) is 91.4 Å². The number of carbonyl (C=O) groups excluding carboxylic acids is 3. The van der Waals surface area contributed by atoms with Gasteiger partial charge in [0.2, 0.25) is 0 Å². The highest BCUT2D eigenvalue weighted by atomic mass is 35.5. The molecule has 2 atom stereocenters. The lowest BCUT2D eigenvalue weighted by atomic mass is 9.70. The summed E-state index contributed by atoms with van der Waals surface area (Å²) < 4.78 is 14.2. The van der Waals surface area contributed by atoms with Crippen LogP contribution >= 0.6 is 35.1 Å². The fraction of sp³-hybridized carbons (Fsp3) is 0.581. The number of halogens is 1. The maximum absolute atomic E-state index is 13.2. The van der Waals surface area contributed by atoms with Crippen LogP contribution in [0.3, 0.4) is 0 Å². The van der Waals surface area contributed by atoms with Crippen LogP contribution in [0.4, 0.5) is 0 Å². The number of aryl methyl sites for hydroxylation is 2. The zero-order chi connectivity index (χ0) is 36.2. The predicted molar refractivity (Wildman–Crippen MR) is 216 cm³/mol. The van der Waals surface area contributed by atoms with Gasteiger partial charge in [-0.3, -0.25) is 14.6 Å². The van der Waals surface area contributed by atoms with E-state index in [9.17, 15) is 4.79 Å². The van der Waals surface area contributed by atoms with Crippen LogP contribution in [0.25, 0.3) is 20.2 Å². The molecule has 11 heteroatoms. The molecule has 6 saturated heterocycles. The van der Waals surface area contributed by atoms with E-state index >= 15 is 0 Å². The van der Waals surface area contributed by atoms with Crippen LogP contribution in [-0.2, 0) is 22.4 Å². The molecule has 2 N–H and O–H groups in total. The molecule has 10 aliphatic rings. The van der Waals surface area contributed by atoms with Crippen molar-refractivity contribution in [3.05, 3.63) is 57.8 Å². The zero-order valence-corrected chi connectivity index (χ0v) is 33.5. The van der Waals surface area contributed by atoms with E-state index in [0.717, 1.165) is 67.1 Å². The lowest BCUT2D eigenvalue weighted by Crippen LogP contribution is -2.63. The maximum atomic E-state index is 13.2. The standard InChI is InChI=1S/C22H25NO2S.C11H10OS.C9H16N2.CO2.ClH/c24-18(13-17-14-5-9-23(10-6-14)22(17)7-8-22)19-12-16-4-3-15-2-1-11-25-20(15)21(16)26-19;1-2-8-3-4-9-5-7-13-11(9)10(8)12-6-1;10-8-7-1-5-11(6-2-7)9(8)3-4-9;2-1-3;/h3-4,12,14,17H,1-2,5-11,13H2;3-5,7H,1-2,6H2;7-8H,1-6,10H2;;1H/t17-;;8-;;/m1.1../s1. The van der Waals surface area contributed by atoms with Gasteiger partial charge in [-0.05, 0) is 160 Å². The number of ketones is 1. The number of ether oxygens (including phenoxy) is 2. The van der Waals surface area contributed by atoms with Crippen molar-refractivity contribution >= 4 is 67.2 Å². The van der Waals surface area contributed by atoms with Crippen molar-refractivity contribution < 1.29 is 23.9 Å². The van der Waals surface area contributed by atoms with Crippen LogP contribution in [0.5, 0.6) is 11.5 Å². The number of benzene rings is 2. The third kappa shape index (κ3) is 6.84. The molecule has 2 aliphatic carbocycles. The van der Waals surface area contributed by atoms with E-state index in [1.54, 1.807) is 22.7 Å². The van der Waals surface area contributed by atoms with Crippen LogP contribution in [-0.4, -0.2) is 78.2 Å². The summed E-state index contributed by atoms with van der Waals surface area (Å²) in [4.78, 5) is 35.7. The first-order valence-electron chi connectivity index (χ1n) is 20.0. The Morgan fingerprint density at radius 2 is 1.33 bits per heavy atom. The van der Waals surface area contributed by atoms with Gasteiger partial charge in [0, 0.05) is 23.5 Å².